The van der Waals surface area contributed by atoms with Crippen LogP contribution in [-0.2, 0) is 18.2 Å². The van der Waals surface area contributed by atoms with Crippen LogP contribution in [0.1, 0.15) is 34.7 Å². The number of hydrogen-bond acceptors (Lipinski definition) is 6. The van der Waals surface area contributed by atoms with Crippen molar-refractivity contribution in [3.8, 4) is 11.5 Å². The topological polar surface area (TPSA) is 87.2 Å². The van der Waals surface area contributed by atoms with E-state index >= 15 is 0 Å². The predicted octanol–water partition coefficient (Wildman–Crippen LogP) is 2.57. The van der Waals surface area contributed by atoms with E-state index in [0.29, 0.717) is 5.89 Å². The molecule has 1 aromatic carbocycles. The third kappa shape index (κ3) is 3.56. The summed E-state index contributed by atoms with van der Waals surface area (Å²) < 4.78 is 11.7. The quantitative estimate of drug-likeness (QED) is 0.655. The first-order valence-corrected chi connectivity index (χ1v) is 8.16. The van der Waals surface area contributed by atoms with Crippen molar-refractivity contribution < 1.29 is 13.9 Å². The summed E-state index contributed by atoms with van der Waals surface area (Å²) in [6.45, 7) is 1.98. The average molecular weight is 353 g/mol. The second-order valence-electron chi connectivity index (χ2n) is 6.09. The molecule has 7 nitrogen and oxygen atoms in total. The Morgan fingerprint density at radius 1 is 1.27 bits per heavy atom. The van der Waals surface area contributed by atoms with Crippen LogP contribution in [0.4, 0.5) is 0 Å². The molecule has 3 aromatic rings. The third-order valence-electron chi connectivity index (χ3n) is 4.08. The van der Waals surface area contributed by atoms with Gasteiger partial charge in [0.15, 0.2) is 0 Å². The van der Waals surface area contributed by atoms with Crippen LogP contribution in [0, 0.1) is 0 Å². The summed E-state index contributed by atoms with van der Waals surface area (Å²) in [5, 5.41) is 8.07. The van der Waals surface area contributed by atoms with Crippen molar-refractivity contribution in [2.24, 2.45) is 7.05 Å². The Morgan fingerprint density at radius 3 is 2.69 bits per heavy atom. The van der Waals surface area contributed by atoms with E-state index in [-0.39, 0.29) is 28.5 Å². The van der Waals surface area contributed by atoms with E-state index < -0.39 is 5.97 Å². The summed E-state index contributed by atoms with van der Waals surface area (Å²) in [4.78, 5) is 24.2. The van der Waals surface area contributed by atoms with E-state index in [1.54, 1.807) is 7.05 Å². The number of benzene rings is 1. The zero-order valence-corrected chi connectivity index (χ0v) is 14.8. The van der Waals surface area contributed by atoms with Crippen molar-refractivity contribution in [1.82, 2.24) is 14.8 Å². The Morgan fingerprint density at radius 2 is 2.00 bits per heavy atom. The minimum absolute atomic E-state index is 0.00806. The zero-order chi connectivity index (χ0) is 18.7. The Bertz CT molecular complexity index is 976. The van der Waals surface area contributed by atoms with Gasteiger partial charge in [-0.15, -0.1) is 10.2 Å². The molecule has 7 heteroatoms. The first-order chi connectivity index (χ1) is 12.5. The molecule has 0 fully saturated rings. The Labute approximate surface area is 150 Å². The highest BCUT2D eigenvalue weighted by Crippen LogP contribution is 2.23. The van der Waals surface area contributed by atoms with E-state index in [9.17, 15) is 9.59 Å². The molecule has 0 unspecified atom stereocenters. The van der Waals surface area contributed by atoms with Gasteiger partial charge in [-0.05, 0) is 18.1 Å². The lowest BCUT2D eigenvalue weighted by molar-refractivity contribution is 0.0599. The second-order valence-corrected chi connectivity index (χ2v) is 6.09. The van der Waals surface area contributed by atoms with Gasteiger partial charge in [-0.2, -0.15) is 0 Å². The lowest BCUT2D eigenvalue weighted by Crippen LogP contribution is -2.20. The van der Waals surface area contributed by atoms with E-state index in [4.69, 9.17) is 9.15 Å². The average Bonchev–Trinajstić information content (AvgIpc) is 3.14. The number of aromatic nitrogens is 3. The van der Waals surface area contributed by atoms with Crippen molar-refractivity contribution in [3.05, 3.63) is 70.0 Å². The zero-order valence-electron chi connectivity index (χ0n) is 14.8. The lowest BCUT2D eigenvalue weighted by Gasteiger charge is -2.07. The molecular formula is C19H19N3O4. The molecule has 0 saturated heterocycles. The SMILES string of the molecule is COC(=O)c1cc(-c2nnc([C@@H](C)Cc3ccccc3)o2)c(=O)n(C)c1. The van der Waals surface area contributed by atoms with Crippen molar-refractivity contribution in [1.29, 1.82) is 0 Å². The molecule has 0 aliphatic rings. The lowest BCUT2D eigenvalue weighted by atomic mass is 10.0. The van der Waals surface area contributed by atoms with Gasteiger partial charge in [0.1, 0.15) is 5.56 Å². The fourth-order valence-electron chi connectivity index (χ4n) is 2.69. The number of pyridine rings is 1. The number of methoxy groups -OCH3 is 1. The van der Waals surface area contributed by atoms with E-state index in [0.717, 1.165) is 12.0 Å². The highest BCUT2D eigenvalue weighted by Gasteiger charge is 2.20. The van der Waals surface area contributed by atoms with Crippen LogP contribution >= 0.6 is 0 Å². The summed E-state index contributed by atoms with van der Waals surface area (Å²) in [5.41, 5.74) is 1.23. The molecule has 0 saturated carbocycles. The van der Waals surface area contributed by atoms with Gasteiger partial charge in [0.2, 0.25) is 5.89 Å². The van der Waals surface area contributed by atoms with Crippen LogP contribution < -0.4 is 5.56 Å². The van der Waals surface area contributed by atoms with E-state index in [1.165, 1.54) is 23.9 Å². The van der Waals surface area contributed by atoms with Gasteiger partial charge in [0.05, 0.1) is 12.7 Å². The fraction of sp³-hybridized carbons (Fsp3) is 0.263. The van der Waals surface area contributed by atoms with Gasteiger partial charge in [-0.1, -0.05) is 37.3 Å². The number of esters is 1. The van der Waals surface area contributed by atoms with Crippen molar-refractivity contribution in [3.63, 3.8) is 0 Å². The highest BCUT2D eigenvalue weighted by molar-refractivity contribution is 5.90. The van der Waals surface area contributed by atoms with Crippen LogP contribution in [0.25, 0.3) is 11.5 Å². The molecule has 0 radical (unpaired) electrons. The molecule has 2 heterocycles. The molecule has 26 heavy (non-hydrogen) atoms. The Hall–Kier alpha value is -3.22. The van der Waals surface area contributed by atoms with Crippen LogP contribution in [0.3, 0.4) is 0 Å². The van der Waals surface area contributed by atoms with Crippen molar-refractivity contribution >= 4 is 5.97 Å². The number of nitrogens with zero attached hydrogens (tertiary/aromatic N) is 3. The molecular weight excluding hydrogens is 334 g/mol. The summed E-state index contributed by atoms with van der Waals surface area (Å²) in [6.07, 6.45) is 2.15. The minimum atomic E-state index is -0.543. The summed E-state index contributed by atoms with van der Waals surface area (Å²) >= 11 is 0. The molecule has 0 spiro atoms. The molecule has 134 valence electrons. The van der Waals surface area contributed by atoms with Gasteiger partial charge < -0.3 is 13.7 Å². The summed E-state index contributed by atoms with van der Waals surface area (Å²) in [5.74, 6) is -0.0223. The smallest absolute Gasteiger partial charge is 0.339 e. The molecule has 0 bridgehead atoms. The number of aryl methyl sites for hydroxylation is 1. The Kier molecular flexibility index (Phi) is 4.97. The van der Waals surface area contributed by atoms with Gasteiger partial charge in [-0.3, -0.25) is 4.79 Å². The second kappa shape index (κ2) is 7.35. The minimum Gasteiger partial charge on any atom is -0.465 e. The maximum atomic E-state index is 12.4. The van der Waals surface area contributed by atoms with Gasteiger partial charge in [0.25, 0.3) is 11.4 Å². The largest absolute Gasteiger partial charge is 0.465 e. The van der Waals surface area contributed by atoms with Gasteiger partial charge >= 0.3 is 5.97 Å². The highest BCUT2D eigenvalue weighted by atomic mass is 16.5. The van der Waals surface area contributed by atoms with Gasteiger partial charge in [-0.25, -0.2) is 4.79 Å². The van der Waals surface area contributed by atoms with Crippen LogP contribution in [0.2, 0.25) is 0 Å². The maximum Gasteiger partial charge on any atom is 0.339 e. The molecule has 0 aliphatic heterocycles. The van der Waals surface area contributed by atoms with E-state index in [2.05, 4.69) is 10.2 Å². The van der Waals surface area contributed by atoms with Crippen LogP contribution in [-0.4, -0.2) is 27.8 Å². The molecule has 0 amide bonds. The van der Waals surface area contributed by atoms with Crippen molar-refractivity contribution in [2.75, 3.05) is 7.11 Å². The molecule has 3 rings (SSSR count). The number of hydrogen-bond donors (Lipinski definition) is 0. The number of rotatable bonds is 5. The predicted molar refractivity (Wildman–Crippen MR) is 94.9 cm³/mol. The Balaban J connectivity index is 1.91. The standard InChI is InChI=1S/C19H19N3O4/c1-12(9-13-7-5-4-6-8-13)16-20-21-17(26-16)15-10-14(19(24)25-3)11-22(2)18(15)23/h4-8,10-12H,9H2,1-3H3/t12-/m0/s1. The fourth-order valence-corrected chi connectivity index (χ4v) is 2.69. The number of carbonyl (C=O) groups is 1. The van der Waals surface area contributed by atoms with E-state index in [1.807, 2.05) is 37.3 Å². The molecule has 1 atom stereocenters. The van der Waals surface area contributed by atoms with Crippen LogP contribution in [0.5, 0.6) is 0 Å². The normalized spacial score (nSPS) is 12.0. The first kappa shape index (κ1) is 17.6. The van der Waals surface area contributed by atoms with Crippen LogP contribution in [0.15, 0.2) is 51.8 Å². The first-order valence-electron chi connectivity index (χ1n) is 8.16. The molecule has 0 N–H and O–H groups in total. The third-order valence-corrected chi connectivity index (χ3v) is 4.08. The monoisotopic (exact) mass is 353 g/mol. The number of ether oxygens (including phenoxy) is 1. The number of carbonyl (C=O) groups excluding carboxylic acids is 1. The summed E-state index contributed by atoms with van der Waals surface area (Å²) in [7, 11) is 2.83. The summed E-state index contributed by atoms with van der Waals surface area (Å²) in [6, 6.07) is 11.4. The van der Waals surface area contributed by atoms with Gasteiger partial charge in [0, 0.05) is 19.2 Å². The van der Waals surface area contributed by atoms with Crippen molar-refractivity contribution in [2.45, 2.75) is 19.3 Å². The molecule has 0 aliphatic carbocycles. The molecule has 2 aromatic heterocycles. The maximum absolute atomic E-state index is 12.4.